The standard InChI is InChI=1S/C28H33NO2S/c1-22(2)25-14-16-28(17-15-25)32(30,31)29-20-18-24(19-21-29)9-8-23-10-12-27(13-11-23)26-6-4-3-5-7-26/h3-7,10-17,22,24H,8-9,18-21H2,1-2H3. The van der Waals surface area contributed by atoms with Crippen molar-refractivity contribution in [3.8, 4) is 11.1 Å². The van der Waals surface area contributed by atoms with Gasteiger partial charge in [0.25, 0.3) is 0 Å². The summed E-state index contributed by atoms with van der Waals surface area (Å²) in [6.07, 6.45) is 4.03. The zero-order valence-corrected chi connectivity index (χ0v) is 19.9. The molecule has 1 aliphatic heterocycles. The molecule has 4 rings (SSSR count). The number of hydrogen-bond acceptors (Lipinski definition) is 2. The summed E-state index contributed by atoms with van der Waals surface area (Å²) < 4.78 is 27.7. The Morgan fingerprint density at radius 1 is 0.812 bits per heavy atom. The van der Waals surface area contributed by atoms with Gasteiger partial charge in [-0.25, -0.2) is 8.42 Å². The molecule has 3 nitrogen and oxygen atoms in total. The first-order chi connectivity index (χ1) is 15.4. The molecule has 0 aromatic heterocycles. The fourth-order valence-electron chi connectivity index (χ4n) is 4.48. The summed E-state index contributed by atoms with van der Waals surface area (Å²) in [5.41, 5.74) is 5.00. The summed E-state index contributed by atoms with van der Waals surface area (Å²) in [7, 11) is -3.39. The van der Waals surface area contributed by atoms with E-state index in [-0.39, 0.29) is 0 Å². The number of hydrogen-bond donors (Lipinski definition) is 0. The first-order valence-electron chi connectivity index (χ1n) is 11.7. The van der Waals surface area contributed by atoms with Crippen LogP contribution in [0.1, 0.15) is 50.2 Å². The van der Waals surface area contributed by atoms with Crippen molar-refractivity contribution in [2.45, 2.75) is 50.3 Å². The number of piperidine rings is 1. The van der Waals surface area contributed by atoms with Gasteiger partial charge in [0.05, 0.1) is 4.90 Å². The fourth-order valence-corrected chi connectivity index (χ4v) is 5.95. The van der Waals surface area contributed by atoms with E-state index in [2.05, 4.69) is 62.4 Å². The Morgan fingerprint density at radius 2 is 1.41 bits per heavy atom. The molecule has 3 aromatic carbocycles. The highest BCUT2D eigenvalue weighted by atomic mass is 32.2. The van der Waals surface area contributed by atoms with Crippen LogP contribution in [0.15, 0.2) is 83.8 Å². The Balaban J connectivity index is 1.29. The predicted octanol–water partition coefficient (Wildman–Crippen LogP) is 6.51. The number of nitrogens with zero attached hydrogens (tertiary/aromatic N) is 1. The van der Waals surface area contributed by atoms with E-state index in [1.807, 2.05) is 18.2 Å². The van der Waals surface area contributed by atoms with Crippen molar-refractivity contribution in [2.24, 2.45) is 5.92 Å². The number of sulfonamides is 1. The molecule has 0 amide bonds. The van der Waals surface area contributed by atoms with Gasteiger partial charge >= 0.3 is 0 Å². The summed E-state index contributed by atoms with van der Waals surface area (Å²) in [6.45, 7) is 5.47. The highest BCUT2D eigenvalue weighted by Gasteiger charge is 2.29. The third-order valence-electron chi connectivity index (χ3n) is 6.66. The van der Waals surface area contributed by atoms with Crippen LogP contribution >= 0.6 is 0 Å². The van der Waals surface area contributed by atoms with Gasteiger partial charge in [-0.3, -0.25) is 0 Å². The summed E-state index contributed by atoms with van der Waals surface area (Å²) in [4.78, 5) is 0.416. The van der Waals surface area contributed by atoms with E-state index in [1.165, 1.54) is 22.3 Å². The van der Waals surface area contributed by atoms with Gasteiger partial charge < -0.3 is 0 Å². The highest BCUT2D eigenvalue weighted by Crippen LogP contribution is 2.28. The largest absolute Gasteiger partial charge is 0.243 e. The minimum absolute atomic E-state index is 0.400. The topological polar surface area (TPSA) is 37.4 Å². The van der Waals surface area contributed by atoms with Crippen LogP contribution in [0.4, 0.5) is 0 Å². The molecule has 1 saturated heterocycles. The van der Waals surface area contributed by atoms with E-state index in [9.17, 15) is 8.42 Å². The Morgan fingerprint density at radius 3 is 2.00 bits per heavy atom. The first-order valence-corrected chi connectivity index (χ1v) is 13.1. The average molecular weight is 448 g/mol. The molecule has 4 heteroatoms. The summed E-state index contributed by atoms with van der Waals surface area (Å²) >= 11 is 0. The van der Waals surface area contributed by atoms with Crippen molar-refractivity contribution in [3.05, 3.63) is 90.0 Å². The third kappa shape index (κ3) is 5.31. The SMILES string of the molecule is CC(C)c1ccc(S(=O)(=O)N2CCC(CCc3ccc(-c4ccccc4)cc3)CC2)cc1. The van der Waals surface area contributed by atoms with Crippen LogP contribution in [-0.2, 0) is 16.4 Å². The zero-order chi connectivity index (χ0) is 22.6. The molecule has 168 valence electrons. The van der Waals surface area contributed by atoms with E-state index in [4.69, 9.17) is 0 Å². The molecule has 0 radical (unpaired) electrons. The monoisotopic (exact) mass is 447 g/mol. The maximum atomic E-state index is 13.0. The molecule has 1 heterocycles. The van der Waals surface area contributed by atoms with E-state index in [0.29, 0.717) is 29.8 Å². The second kappa shape index (κ2) is 10.0. The van der Waals surface area contributed by atoms with E-state index < -0.39 is 10.0 Å². The smallest absolute Gasteiger partial charge is 0.207 e. The van der Waals surface area contributed by atoms with Crippen molar-refractivity contribution in [2.75, 3.05) is 13.1 Å². The van der Waals surface area contributed by atoms with E-state index >= 15 is 0 Å². The molecule has 32 heavy (non-hydrogen) atoms. The average Bonchev–Trinajstić information content (AvgIpc) is 2.84. The van der Waals surface area contributed by atoms with Crippen LogP contribution in [0.2, 0.25) is 0 Å². The lowest BCUT2D eigenvalue weighted by Crippen LogP contribution is -2.38. The third-order valence-corrected chi connectivity index (χ3v) is 8.57. The molecule has 0 atom stereocenters. The van der Waals surface area contributed by atoms with Gasteiger partial charge in [0.15, 0.2) is 0 Å². The molecule has 0 saturated carbocycles. The van der Waals surface area contributed by atoms with Crippen LogP contribution in [0.3, 0.4) is 0 Å². The van der Waals surface area contributed by atoms with Gasteiger partial charge in [-0.05, 0) is 71.9 Å². The van der Waals surface area contributed by atoms with E-state index in [1.54, 1.807) is 16.4 Å². The van der Waals surface area contributed by atoms with Crippen molar-refractivity contribution < 1.29 is 8.42 Å². The molecule has 3 aromatic rings. The second-order valence-electron chi connectivity index (χ2n) is 9.17. The minimum Gasteiger partial charge on any atom is -0.207 e. The van der Waals surface area contributed by atoms with Crippen molar-refractivity contribution in [1.82, 2.24) is 4.31 Å². The van der Waals surface area contributed by atoms with Crippen LogP contribution in [0.5, 0.6) is 0 Å². The summed E-state index contributed by atoms with van der Waals surface area (Å²) in [5.74, 6) is 0.982. The van der Waals surface area contributed by atoms with Gasteiger partial charge in [0, 0.05) is 13.1 Å². The quantitative estimate of drug-likeness (QED) is 0.414. The van der Waals surface area contributed by atoms with Gasteiger partial charge in [-0.2, -0.15) is 4.31 Å². The molecule has 1 fully saturated rings. The predicted molar refractivity (Wildman–Crippen MR) is 132 cm³/mol. The number of aryl methyl sites for hydroxylation is 1. The van der Waals surface area contributed by atoms with Crippen LogP contribution in [0.25, 0.3) is 11.1 Å². The summed E-state index contributed by atoms with van der Waals surface area (Å²) in [5, 5.41) is 0. The molecule has 0 aliphatic carbocycles. The molecule has 0 spiro atoms. The maximum absolute atomic E-state index is 13.0. The van der Waals surface area contributed by atoms with Crippen molar-refractivity contribution in [1.29, 1.82) is 0 Å². The summed E-state index contributed by atoms with van der Waals surface area (Å²) in [6, 6.07) is 26.7. The van der Waals surface area contributed by atoms with Gasteiger partial charge in [-0.15, -0.1) is 0 Å². The van der Waals surface area contributed by atoms with Crippen molar-refractivity contribution >= 4 is 10.0 Å². The first kappa shape index (κ1) is 22.8. The van der Waals surface area contributed by atoms with Gasteiger partial charge in [0.1, 0.15) is 0 Å². The Labute approximate surface area is 193 Å². The lowest BCUT2D eigenvalue weighted by Gasteiger charge is -2.31. The Hall–Kier alpha value is -2.43. The number of benzene rings is 3. The van der Waals surface area contributed by atoms with Crippen LogP contribution in [0, 0.1) is 5.92 Å². The van der Waals surface area contributed by atoms with Crippen LogP contribution in [-0.4, -0.2) is 25.8 Å². The minimum atomic E-state index is -3.39. The number of rotatable bonds is 7. The Bertz CT molecular complexity index is 1100. The zero-order valence-electron chi connectivity index (χ0n) is 19.1. The second-order valence-corrected chi connectivity index (χ2v) is 11.1. The van der Waals surface area contributed by atoms with Gasteiger partial charge in [0.2, 0.25) is 10.0 Å². The highest BCUT2D eigenvalue weighted by molar-refractivity contribution is 7.89. The maximum Gasteiger partial charge on any atom is 0.243 e. The fraction of sp³-hybridized carbons (Fsp3) is 0.357. The lowest BCUT2D eigenvalue weighted by molar-refractivity contribution is 0.263. The molecule has 0 N–H and O–H groups in total. The van der Waals surface area contributed by atoms with Gasteiger partial charge in [-0.1, -0.05) is 80.6 Å². The normalized spacial score (nSPS) is 15.8. The molecular formula is C28H33NO2S. The van der Waals surface area contributed by atoms with Crippen LogP contribution < -0.4 is 0 Å². The Kier molecular flexibility index (Phi) is 7.12. The molecular weight excluding hydrogens is 414 g/mol. The molecule has 1 aliphatic rings. The van der Waals surface area contributed by atoms with E-state index in [0.717, 1.165) is 25.7 Å². The lowest BCUT2D eigenvalue weighted by atomic mass is 9.91. The van der Waals surface area contributed by atoms with Crippen molar-refractivity contribution in [3.63, 3.8) is 0 Å². The molecule has 0 unspecified atom stereocenters. The molecule has 0 bridgehead atoms.